The Hall–Kier alpha value is -3.09. The van der Waals surface area contributed by atoms with Crippen molar-refractivity contribution in [2.75, 3.05) is 5.32 Å². The van der Waals surface area contributed by atoms with Gasteiger partial charge in [0.05, 0.1) is 6.61 Å². The standard InChI is InChI=1S/C24H23FN2O2S/c1-3-17-7-9-19(10-8-17)23(29)22(27-12-4-5-18(14-27)15-28)24(30)26-20-11-6-16(2)21(25)13-20/h4-14,28H,3,15H2,1-2H3,(H-,26,29,30). The topological polar surface area (TPSA) is 59.2 Å². The number of nitrogens with zero attached hydrogens (tertiary/aromatic N) is 1. The van der Waals surface area contributed by atoms with Crippen LogP contribution in [0, 0.1) is 12.7 Å². The molecule has 0 saturated heterocycles. The molecule has 0 saturated carbocycles. The van der Waals surface area contributed by atoms with Crippen molar-refractivity contribution >= 4 is 34.3 Å². The Morgan fingerprint density at radius 2 is 1.87 bits per heavy atom. The minimum atomic E-state index is -0.360. The van der Waals surface area contributed by atoms with Gasteiger partial charge in [0.1, 0.15) is 5.82 Å². The largest absolute Gasteiger partial charge is 0.867 e. The molecular formula is C24H23FN2O2S. The van der Waals surface area contributed by atoms with E-state index in [0.29, 0.717) is 22.4 Å². The summed E-state index contributed by atoms with van der Waals surface area (Å²) in [6.07, 6.45) is 4.21. The summed E-state index contributed by atoms with van der Waals surface area (Å²) in [7, 11) is 0. The highest BCUT2D eigenvalue weighted by Crippen LogP contribution is 2.19. The summed E-state index contributed by atoms with van der Waals surface area (Å²) in [5.41, 5.74) is 3.43. The number of hydrogen-bond acceptors (Lipinski definition) is 3. The van der Waals surface area contributed by atoms with Crippen LogP contribution in [0.5, 0.6) is 0 Å². The summed E-state index contributed by atoms with van der Waals surface area (Å²) < 4.78 is 15.5. The Kier molecular flexibility index (Phi) is 6.92. The number of aliphatic hydroxyl groups excluding tert-OH is 1. The number of aryl methyl sites for hydroxylation is 2. The molecule has 3 aromatic rings. The van der Waals surface area contributed by atoms with Crippen LogP contribution in [0.1, 0.15) is 29.2 Å². The lowest BCUT2D eigenvalue weighted by molar-refractivity contribution is -0.578. The van der Waals surface area contributed by atoms with E-state index in [-0.39, 0.29) is 28.9 Å². The monoisotopic (exact) mass is 422 g/mol. The first-order chi connectivity index (χ1) is 14.4. The van der Waals surface area contributed by atoms with Crippen LogP contribution in [0.2, 0.25) is 0 Å². The third-order valence-corrected chi connectivity index (χ3v) is 5.08. The molecule has 0 spiro atoms. The van der Waals surface area contributed by atoms with Gasteiger partial charge >= 0.3 is 0 Å². The van der Waals surface area contributed by atoms with E-state index in [1.807, 2.05) is 19.1 Å². The second-order valence-corrected chi connectivity index (χ2v) is 7.33. The fraction of sp³-hybridized carbons (Fsp3) is 0.167. The van der Waals surface area contributed by atoms with Gasteiger partial charge in [-0.05, 0) is 54.0 Å². The molecule has 0 fully saturated rings. The maximum Gasteiger partial charge on any atom is 0.238 e. The number of halogens is 1. The maximum absolute atomic E-state index is 14.0. The molecule has 0 amide bonds. The Morgan fingerprint density at radius 3 is 2.50 bits per heavy atom. The zero-order valence-electron chi connectivity index (χ0n) is 16.9. The SMILES string of the molecule is CCc1ccc(C([O-])=C(C(=S)Nc2ccc(C)c(F)c2)[n+]2cccc(CO)c2)cc1. The summed E-state index contributed by atoms with van der Waals surface area (Å²) in [4.78, 5) is 0.155. The fourth-order valence-electron chi connectivity index (χ4n) is 2.98. The van der Waals surface area contributed by atoms with Crippen molar-refractivity contribution in [1.29, 1.82) is 0 Å². The van der Waals surface area contributed by atoms with E-state index in [1.54, 1.807) is 60.3 Å². The van der Waals surface area contributed by atoms with Gasteiger partial charge in [0.25, 0.3) is 0 Å². The van der Waals surface area contributed by atoms with Crippen LogP contribution in [-0.2, 0) is 13.0 Å². The zero-order chi connectivity index (χ0) is 21.7. The molecular weight excluding hydrogens is 399 g/mol. The van der Waals surface area contributed by atoms with E-state index >= 15 is 0 Å². The van der Waals surface area contributed by atoms with Gasteiger partial charge in [0.2, 0.25) is 5.70 Å². The zero-order valence-corrected chi connectivity index (χ0v) is 17.7. The first-order valence-corrected chi connectivity index (χ1v) is 10.0. The molecule has 154 valence electrons. The van der Waals surface area contributed by atoms with Crippen LogP contribution in [0.25, 0.3) is 11.5 Å². The number of aromatic nitrogens is 1. The number of rotatable bonds is 6. The van der Waals surface area contributed by atoms with Crippen molar-refractivity contribution in [2.45, 2.75) is 26.9 Å². The molecule has 0 unspecified atom stereocenters. The predicted molar refractivity (Wildman–Crippen MR) is 119 cm³/mol. The Bertz CT molecular complexity index is 1090. The second kappa shape index (κ2) is 9.61. The number of aliphatic hydroxyl groups is 1. The van der Waals surface area contributed by atoms with Gasteiger partial charge in [-0.3, -0.25) is 0 Å². The lowest BCUT2D eigenvalue weighted by Gasteiger charge is -2.17. The van der Waals surface area contributed by atoms with Crippen LogP contribution in [-0.4, -0.2) is 10.1 Å². The molecule has 3 rings (SSSR count). The molecule has 6 heteroatoms. The van der Waals surface area contributed by atoms with Gasteiger partial charge in [0.15, 0.2) is 17.4 Å². The van der Waals surface area contributed by atoms with Gasteiger partial charge in [-0.2, -0.15) is 4.57 Å². The predicted octanol–water partition coefficient (Wildman–Crippen LogP) is 3.60. The first kappa shape index (κ1) is 21.6. The van der Waals surface area contributed by atoms with Crippen LogP contribution >= 0.6 is 12.2 Å². The van der Waals surface area contributed by atoms with Crippen molar-refractivity contribution in [3.05, 3.63) is 95.1 Å². The lowest BCUT2D eigenvalue weighted by Crippen LogP contribution is -2.40. The highest BCUT2D eigenvalue weighted by Gasteiger charge is 2.20. The number of anilines is 1. The van der Waals surface area contributed by atoms with Crippen LogP contribution in [0.4, 0.5) is 10.1 Å². The van der Waals surface area contributed by atoms with Crippen LogP contribution in [0.3, 0.4) is 0 Å². The van der Waals surface area contributed by atoms with Crippen LogP contribution < -0.4 is 15.0 Å². The van der Waals surface area contributed by atoms with Gasteiger partial charge in [-0.25, -0.2) is 4.39 Å². The van der Waals surface area contributed by atoms with E-state index in [4.69, 9.17) is 12.2 Å². The fourth-order valence-corrected chi connectivity index (χ4v) is 3.30. The van der Waals surface area contributed by atoms with Gasteiger partial charge in [0, 0.05) is 17.3 Å². The third kappa shape index (κ3) is 4.90. The molecule has 2 aromatic carbocycles. The molecule has 0 bridgehead atoms. The maximum atomic E-state index is 14.0. The van der Waals surface area contributed by atoms with Crippen molar-refractivity contribution in [1.82, 2.24) is 0 Å². The number of pyridine rings is 1. The highest BCUT2D eigenvalue weighted by atomic mass is 32.1. The lowest BCUT2D eigenvalue weighted by atomic mass is 10.1. The Labute approximate surface area is 181 Å². The van der Waals surface area contributed by atoms with Crippen LogP contribution in [0.15, 0.2) is 67.0 Å². The van der Waals surface area contributed by atoms with E-state index < -0.39 is 0 Å². The summed E-state index contributed by atoms with van der Waals surface area (Å²) in [6, 6.07) is 15.5. The molecule has 30 heavy (non-hydrogen) atoms. The van der Waals surface area contributed by atoms with E-state index in [9.17, 15) is 14.6 Å². The van der Waals surface area contributed by atoms with Crippen molar-refractivity contribution in [3.63, 3.8) is 0 Å². The quantitative estimate of drug-likeness (QED) is 0.276. The summed E-state index contributed by atoms with van der Waals surface area (Å²) in [6.45, 7) is 3.55. The summed E-state index contributed by atoms with van der Waals surface area (Å²) in [5.74, 6) is -0.636. The summed E-state index contributed by atoms with van der Waals surface area (Å²) >= 11 is 5.55. The number of benzene rings is 2. The average molecular weight is 423 g/mol. The molecule has 0 aliphatic heterocycles. The minimum absolute atomic E-state index is 0.155. The molecule has 1 heterocycles. The number of nitrogens with one attached hydrogen (secondary N) is 1. The molecule has 1 aromatic heterocycles. The third-order valence-electron chi connectivity index (χ3n) is 4.79. The van der Waals surface area contributed by atoms with Gasteiger partial charge in [-0.1, -0.05) is 49.5 Å². The van der Waals surface area contributed by atoms with Gasteiger partial charge in [-0.15, -0.1) is 0 Å². The van der Waals surface area contributed by atoms with E-state index in [2.05, 4.69) is 5.32 Å². The second-order valence-electron chi connectivity index (χ2n) is 6.92. The van der Waals surface area contributed by atoms with Crippen molar-refractivity contribution < 1.29 is 19.2 Å². The summed E-state index contributed by atoms with van der Waals surface area (Å²) in [5, 5.41) is 25.8. The smallest absolute Gasteiger partial charge is 0.238 e. The molecule has 0 aliphatic rings. The number of thiocarbonyl (C=S) groups is 1. The minimum Gasteiger partial charge on any atom is -0.867 e. The molecule has 2 N–H and O–H groups in total. The van der Waals surface area contributed by atoms with Crippen molar-refractivity contribution in [3.8, 4) is 0 Å². The normalized spacial score (nSPS) is 11.7. The molecule has 4 nitrogen and oxygen atoms in total. The first-order valence-electron chi connectivity index (χ1n) is 9.62. The van der Waals surface area contributed by atoms with Gasteiger partial charge < -0.3 is 15.5 Å². The van der Waals surface area contributed by atoms with E-state index in [0.717, 1.165) is 12.0 Å². The average Bonchev–Trinajstić information content (AvgIpc) is 2.76. The molecule has 0 radical (unpaired) electrons. The molecule has 0 aliphatic carbocycles. The molecule has 0 atom stereocenters. The van der Waals surface area contributed by atoms with E-state index in [1.165, 1.54) is 6.07 Å². The Morgan fingerprint density at radius 1 is 1.13 bits per heavy atom. The Balaban J connectivity index is 2.07. The highest BCUT2D eigenvalue weighted by molar-refractivity contribution is 7.81. The van der Waals surface area contributed by atoms with Crippen molar-refractivity contribution in [2.24, 2.45) is 0 Å². The number of hydrogen-bond donors (Lipinski definition) is 2.